The molecule has 0 unspecified atom stereocenters. The van der Waals surface area contributed by atoms with Crippen LogP contribution in [0.4, 0.5) is 0 Å². The lowest BCUT2D eigenvalue weighted by Gasteiger charge is -2.03. The van der Waals surface area contributed by atoms with Crippen molar-refractivity contribution in [2.24, 2.45) is 0 Å². The number of ketones is 2. The number of hydrogen-bond donors (Lipinski definition) is 0. The predicted molar refractivity (Wildman–Crippen MR) is 56.9 cm³/mol. The van der Waals surface area contributed by atoms with Crippen LogP contribution in [0, 0.1) is 0 Å². The highest BCUT2D eigenvalue weighted by Crippen LogP contribution is 1.95. The Bertz CT molecular complexity index is 189. The fourth-order valence-corrected chi connectivity index (χ4v) is 0.984. The molecule has 0 saturated carbocycles. The Kier molecular flexibility index (Phi) is 9.32. The fraction of sp³-hybridized carbons (Fsp3) is 0.818. The molecule has 88 valence electrons. The van der Waals surface area contributed by atoms with Crippen molar-refractivity contribution in [3.63, 3.8) is 0 Å². The molecule has 0 amide bonds. The lowest BCUT2D eigenvalue weighted by molar-refractivity contribution is -0.122. The van der Waals surface area contributed by atoms with Gasteiger partial charge in [0.05, 0.1) is 13.2 Å². The summed E-state index contributed by atoms with van der Waals surface area (Å²) in [7, 11) is 0. The van der Waals surface area contributed by atoms with Crippen LogP contribution in [0.2, 0.25) is 0 Å². The van der Waals surface area contributed by atoms with Crippen molar-refractivity contribution in [1.82, 2.24) is 0 Å². The molecule has 0 N–H and O–H groups in total. The van der Waals surface area contributed by atoms with Gasteiger partial charge in [0.15, 0.2) is 5.78 Å². The molecule has 0 aliphatic carbocycles. The highest BCUT2D eigenvalue weighted by Gasteiger charge is 1.97. The standard InChI is InChI=1S/C11H20O4/c1-3-11(13)5-4-6-14-7-8-15-9-10(2)12/h3-9H2,1-2H3. The summed E-state index contributed by atoms with van der Waals surface area (Å²) in [5.41, 5.74) is 0. The number of carbonyl (C=O) groups excluding carboxylic acids is 2. The SMILES string of the molecule is CCC(=O)CCCOCCOCC(C)=O. The van der Waals surface area contributed by atoms with Gasteiger partial charge in [-0.15, -0.1) is 0 Å². The van der Waals surface area contributed by atoms with E-state index in [4.69, 9.17) is 9.47 Å². The number of hydrogen-bond acceptors (Lipinski definition) is 4. The van der Waals surface area contributed by atoms with Gasteiger partial charge in [0.2, 0.25) is 0 Å². The highest BCUT2D eigenvalue weighted by molar-refractivity contribution is 5.77. The van der Waals surface area contributed by atoms with E-state index >= 15 is 0 Å². The Morgan fingerprint density at radius 2 is 1.73 bits per heavy atom. The van der Waals surface area contributed by atoms with Crippen LogP contribution in [0.1, 0.15) is 33.1 Å². The molecule has 4 heteroatoms. The van der Waals surface area contributed by atoms with Gasteiger partial charge in [-0.1, -0.05) is 6.92 Å². The second-order valence-electron chi connectivity index (χ2n) is 3.36. The van der Waals surface area contributed by atoms with E-state index in [0.717, 1.165) is 6.42 Å². The molecule has 0 aromatic carbocycles. The molecule has 4 nitrogen and oxygen atoms in total. The average molecular weight is 216 g/mol. The molecule has 0 saturated heterocycles. The Labute approximate surface area is 90.9 Å². The van der Waals surface area contributed by atoms with Crippen molar-refractivity contribution in [3.05, 3.63) is 0 Å². The molecule has 0 spiro atoms. The summed E-state index contributed by atoms with van der Waals surface area (Å²) in [5, 5.41) is 0. The summed E-state index contributed by atoms with van der Waals surface area (Å²) in [5.74, 6) is 0.287. The van der Waals surface area contributed by atoms with Gasteiger partial charge in [-0.2, -0.15) is 0 Å². The van der Waals surface area contributed by atoms with Crippen molar-refractivity contribution in [2.45, 2.75) is 33.1 Å². The Balaban J connectivity index is 3.05. The van der Waals surface area contributed by atoms with E-state index in [1.807, 2.05) is 6.92 Å². The van der Waals surface area contributed by atoms with E-state index in [0.29, 0.717) is 32.7 Å². The molecule has 0 aliphatic rings. The predicted octanol–water partition coefficient (Wildman–Crippen LogP) is 1.37. The summed E-state index contributed by atoms with van der Waals surface area (Å²) in [4.78, 5) is 21.4. The molecule has 0 radical (unpaired) electrons. The third kappa shape index (κ3) is 11.2. The highest BCUT2D eigenvalue weighted by atomic mass is 16.5. The van der Waals surface area contributed by atoms with Crippen LogP contribution in [0.15, 0.2) is 0 Å². The van der Waals surface area contributed by atoms with Gasteiger partial charge in [0.25, 0.3) is 0 Å². The minimum Gasteiger partial charge on any atom is -0.379 e. The molecule has 0 rings (SSSR count). The molecular formula is C11H20O4. The van der Waals surface area contributed by atoms with Crippen LogP contribution < -0.4 is 0 Å². The van der Waals surface area contributed by atoms with Gasteiger partial charge in [-0.25, -0.2) is 0 Å². The van der Waals surface area contributed by atoms with E-state index in [-0.39, 0.29) is 18.2 Å². The quantitative estimate of drug-likeness (QED) is 0.517. The second-order valence-corrected chi connectivity index (χ2v) is 3.36. The Hall–Kier alpha value is -0.740. The molecule has 15 heavy (non-hydrogen) atoms. The van der Waals surface area contributed by atoms with Crippen molar-refractivity contribution >= 4 is 11.6 Å². The summed E-state index contributed by atoms with van der Waals surface area (Å²) < 4.78 is 10.2. The fourth-order valence-electron chi connectivity index (χ4n) is 0.984. The summed E-state index contributed by atoms with van der Waals surface area (Å²) in [6.07, 6.45) is 1.95. The van der Waals surface area contributed by atoms with Gasteiger partial charge in [0, 0.05) is 19.4 Å². The number of ether oxygens (including phenoxy) is 2. The second kappa shape index (κ2) is 9.80. The maximum Gasteiger partial charge on any atom is 0.155 e. The normalized spacial score (nSPS) is 10.3. The maximum atomic E-state index is 10.9. The largest absolute Gasteiger partial charge is 0.379 e. The van der Waals surface area contributed by atoms with Gasteiger partial charge < -0.3 is 9.47 Å². The lowest BCUT2D eigenvalue weighted by atomic mass is 10.2. The van der Waals surface area contributed by atoms with Gasteiger partial charge in [0.1, 0.15) is 12.4 Å². The first-order chi connectivity index (χ1) is 7.16. The van der Waals surface area contributed by atoms with Gasteiger partial charge in [-0.05, 0) is 13.3 Å². The number of Topliss-reactive ketones (excluding diaryl/α,β-unsaturated/α-hetero) is 2. The molecular weight excluding hydrogens is 196 g/mol. The first-order valence-electron chi connectivity index (χ1n) is 5.33. The number of carbonyl (C=O) groups is 2. The van der Waals surface area contributed by atoms with E-state index < -0.39 is 0 Å². The van der Waals surface area contributed by atoms with Crippen molar-refractivity contribution in [3.8, 4) is 0 Å². The Morgan fingerprint density at radius 3 is 2.33 bits per heavy atom. The van der Waals surface area contributed by atoms with E-state index in [2.05, 4.69) is 0 Å². The zero-order chi connectivity index (χ0) is 11.5. The maximum absolute atomic E-state index is 10.9. The third-order valence-corrected chi connectivity index (χ3v) is 1.82. The lowest BCUT2D eigenvalue weighted by Crippen LogP contribution is -2.10. The van der Waals surface area contributed by atoms with Gasteiger partial charge >= 0.3 is 0 Å². The van der Waals surface area contributed by atoms with Crippen LogP contribution in [-0.2, 0) is 19.1 Å². The smallest absolute Gasteiger partial charge is 0.155 e. The molecule has 0 aromatic heterocycles. The molecule has 0 heterocycles. The third-order valence-electron chi connectivity index (χ3n) is 1.82. The Morgan fingerprint density at radius 1 is 1.07 bits per heavy atom. The number of rotatable bonds is 10. The molecule has 0 bridgehead atoms. The van der Waals surface area contributed by atoms with Crippen molar-refractivity contribution in [1.29, 1.82) is 0 Å². The molecule has 0 aromatic rings. The van der Waals surface area contributed by atoms with Crippen LogP contribution in [0.25, 0.3) is 0 Å². The van der Waals surface area contributed by atoms with E-state index in [1.54, 1.807) is 0 Å². The average Bonchev–Trinajstić information content (AvgIpc) is 2.21. The van der Waals surface area contributed by atoms with Crippen LogP contribution in [0.5, 0.6) is 0 Å². The van der Waals surface area contributed by atoms with E-state index in [9.17, 15) is 9.59 Å². The zero-order valence-electron chi connectivity index (χ0n) is 9.58. The summed E-state index contributed by atoms with van der Waals surface area (Å²) in [6.45, 7) is 4.98. The van der Waals surface area contributed by atoms with Crippen molar-refractivity contribution in [2.75, 3.05) is 26.4 Å². The molecule has 0 atom stereocenters. The zero-order valence-corrected chi connectivity index (χ0v) is 9.58. The van der Waals surface area contributed by atoms with Crippen LogP contribution in [0.3, 0.4) is 0 Å². The minimum atomic E-state index is 0.0172. The minimum absolute atomic E-state index is 0.0172. The topological polar surface area (TPSA) is 52.6 Å². The summed E-state index contributed by atoms with van der Waals surface area (Å²) >= 11 is 0. The van der Waals surface area contributed by atoms with Crippen LogP contribution in [-0.4, -0.2) is 38.0 Å². The molecule has 0 aliphatic heterocycles. The first-order valence-corrected chi connectivity index (χ1v) is 5.33. The molecule has 0 fully saturated rings. The summed E-state index contributed by atoms with van der Waals surface area (Å²) in [6, 6.07) is 0. The van der Waals surface area contributed by atoms with E-state index in [1.165, 1.54) is 6.92 Å². The van der Waals surface area contributed by atoms with Crippen molar-refractivity contribution < 1.29 is 19.1 Å². The van der Waals surface area contributed by atoms with Crippen LogP contribution >= 0.6 is 0 Å². The monoisotopic (exact) mass is 216 g/mol. The van der Waals surface area contributed by atoms with Gasteiger partial charge in [-0.3, -0.25) is 9.59 Å². The first kappa shape index (κ1) is 14.3.